The van der Waals surface area contributed by atoms with E-state index >= 15 is 0 Å². The highest BCUT2D eigenvalue weighted by atomic mass is 16.5. The summed E-state index contributed by atoms with van der Waals surface area (Å²) in [6.45, 7) is 7.10. The second-order valence-corrected chi connectivity index (χ2v) is 8.30. The topological polar surface area (TPSA) is 26.3 Å². The van der Waals surface area contributed by atoms with Crippen LogP contribution in [0.1, 0.15) is 78.6 Å². The number of ether oxygens (including phenoxy) is 1. The number of rotatable bonds is 3. The molecule has 2 bridgehead atoms. The second kappa shape index (κ2) is 5.03. The van der Waals surface area contributed by atoms with E-state index in [1.54, 1.807) is 0 Å². The Bertz CT molecular complexity index is 381. The SMILES string of the molecule is CC1(C)C2CCC1(C)C(OC(=O)CC1CCCCC1)C2. The number of hydrogen-bond acceptors (Lipinski definition) is 2. The van der Waals surface area contributed by atoms with Crippen LogP contribution >= 0.6 is 0 Å². The molecule has 2 heteroatoms. The molecule has 0 N–H and O–H groups in total. The first-order chi connectivity index (χ1) is 9.43. The van der Waals surface area contributed by atoms with Crippen LogP contribution in [0.25, 0.3) is 0 Å². The zero-order valence-electron chi connectivity index (χ0n) is 13.4. The zero-order valence-corrected chi connectivity index (χ0v) is 13.4. The Balaban J connectivity index is 1.57. The molecule has 0 aliphatic heterocycles. The molecule has 0 aromatic carbocycles. The van der Waals surface area contributed by atoms with Gasteiger partial charge in [-0.25, -0.2) is 0 Å². The summed E-state index contributed by atoms with van der Waals surface area (Å²) in [7, 11) is 0. The second-order valence-electron chi connectivity index (χ2n) is 8.30. The molecule has 3 aliphatic carbocycles. The van der Waals surface area contributed by atoms with E-state index in [4.69, 9.17) is 4.74 Å². The van der Waals surface area contributed by atoms with Crippen LogP contribution in [0.15, 0.2) is 0 Å². The average molecular weight is 278 g/mol. The molecule has 2 nitrogen and oxygen atoms in total. The highest BCUT2D eigenvalue weighted by molar-refractivity contribution is 5.70. The van der Waals surface area contributed by atoms with Crippen LogP contribution in [0.3, 0.4) is 0 Å². The summed E-state index contributed by atoms with van der Waals surface area (Å²) in [5, 5.41) is 0. The number of carbonyl (C=O) groups excluding carboxylic acids is 1. The van der Waals surface area contributed by atoms with Gasteiger partial charge in [0.05, 0.1) is 0 Å². The van der Waals surface area contributed by atoms with Crippen molar-refractivity contribution in [1.29, 1.82) is 0 Å². The molecule has 0 saturated heterocycles. The van der Waals surface area contributed by atoms with E-state index in [1.807, 2.05) is 0 Å². The van der Waals surface area contributed by atoms with Crippen LogP contribution in [0.5, 0.6) is 0 Å². The summed E-state index contributed by atoms with van der Waals surface area (Å²) < 4.78 is 5.95. The van der Waals surface area contributed by atoms with Crippen LogP contribution in [-0.4, -0.2) is 12.1 Å². The molecule has 3 fully saturated rings. The van der Waals surface area contributed by atoms with Crippen molar-refractivity contribution in [3.05, 3.63) is 0 Å². The first-order valence-electron chi connectivity index (χ1n) is 8.63. The fourth-order valence-electron chi connectivity index (χ4n) is 5.14. The van der Waals surface area contributed by atoms with Gasteiger partial charge in [-0.15, -0.1) is 0 Å². The molecule has 0 aromatic rings. The van der Waals surface area contributed by atoms with Crippen molar-refractivity contribution in [2.75, 3.05) is 0 Å². The lowest BCUT2D eigenvalue weighted by Crippen LogP contribution is -2.38. The maximum absolute atomic E-state index is 12.3. The Morgan fingerprint density at radius 1 is 1.10 bits per heavy atom. The quantitative estimate of drug-likeness (QED) is 0.699. The maximum atomic E-state index is 12.3. The summed E-state index contributed by atoms with van der Waals surface area (Å²) in [6.07, 6.45) is 10.9. The molecule has 0 radical (unpaired) electrons. The number of fused-ring (bicyclic) bond motifs is 2. The van der Waals surface area contributed by atoms with E-state index in [9.17, 15) is 4.79 Å². The third-order valence-corrected chi connectivity index (χ3v) is 7.17. The van der Waals surface area contributed by atoms with E-state index in [0.717, 1.165) is 12.3 Å². The van der Waals surface area contributed by atoms with Crippen molar-refractivity contribution in [3.63, 3.8) is 0 Å². The van der Waals surface area contributed by atoms with Crippen LogP contribution < -0.4 is 0 Å². The van der Waals surface area contributed by atoms with Crippen LogP contribution in [0.2, 0.25) is 0 Å². The molecule has 3 aliphatic rings. The van der Waals surface area contributed by atoms with E-state index in [2.05, 4.69) is 20.8 Å². The van der Waals surface area contributed by atoms with E-state index in [-0.39, 0.29) is 17.5 Å². The minimum atomic E-state index is 0.0754. The summed E-state index contributed by atoms with van der Waals surface area (Å²) in [6, 6.07) is 0. The van der Waals surface area contributed by atoms with Gasteiger partial charge in [0.1, 0.15) is 6.10 Å². The van der Waals surface area contributed by atoms with Crippen LogP contribution in [0, 0.1) is 22.7 Å². The third kappa shape index (κ3) is 2.19. The van der Waals surface area contributed by atoms with Gasteiger partial charge >= 0.3 is 5.97 Å². The van der Waals surface area contributed by atoms with Gasteiger partial charge in [-0.1, -0.05) is 40.0 Å². The Morgan fingerprint density at radius 2 is 1.80 bits per heavy atom. The Labute approximate surface area is 123 Å². The molecule has 0 amide bonds. The normalized spacial score (nSPS) is 40.0. The Hall–Kier alpha value is -0.530. The van der Waals surface area contributed by atoms with Crippen LogP contribution in [0.4, 0.5) is 0 Å². The predicted molar refractivity (Wildman–Crippen MR) is 80.3 cm³/mol. The number of carbonyl (C=O) groups is 1. The predicted octanol–water partition coefficient (Wildman–Crippen LogP) is 4.71. The van der Waals surface area contributed by atoms with Crippen molar-refractivity contribution >= 4 is 5.97 Å². The molecule has 0 heterocycles. The molecule has 3 rings (SSSR count). The molecule has 0 aromatic heterocycles. The third-order valence-electron chi connectivity index (χ3n) is 7.17. The maximum Gasteiger partial charge on any atom is 0.306 e. The van der Waals surface area contributed by atoms with Crippen molar-refractivity contribution in [3.8, 4) is 0 Å². The molecule has 3 unspecified atom stereocenters. The monoisotopic (exact) mass is 278 g/mol. The molecular formula is C18H30O2. The molecule has 20 heavy (non-hydrogen) atoms. The van der Waals surface area contributed by atoms with Gasteiger partial charge in [-0.2, -0.15) is 0 Å². The largest absolute Gasteiger partial charge is 0.462 e. The molecule has 0 spiro atoms. The fourth-order valence-corrected chi connectivity index (χ4v) is 5.14. The van der Waals surface area contributed by atoms with Crippen molar-refractivity contribution in [1.82, 2.24) is 0 Å². The standard InChI is InChI=1S/C18H30O2/c1-17(2)14-9-10-18(17,3)15(12-14)20-16(19)11-13-7-5-4-6-8-13/h13-15H,4-12H2,1-3H3. The van der Waals surface area contributed by atoms with Gasteiger partial charge < -0.3 is 4.74 Å². The molecule has 114 valence electrons. The van der Waals surface area contributed by atoms with Crippen LogP contribution in [-0.2, 0) is 9.53 Å². The first-order valence-corrected chi connectivity index (χ1v) is 8.63. The highest BCUT2D eigenvalue weighted by Gasteiger charge is 2.62. The van der Waals surface area contributed by atoms with Crippen molar-refractivity contribution in [2.45, 2.75) is 84.7 Å². The first kappa shape index (κ1) is 14.4. The van der Waals surface area contributed by atoms with Gasteiger partial charge in [0.15, 0.2) is 0 Å². The summed E-state index contributed by atoms with van der Waals surface area (Å²) in [5.74, 6) is 1.42. The molecular weight excluding hydrogens is 248 g/mol. The van der Waals surface area contributed by atoms with Gasteiger partial charge in [0.25, 0.3) is 0 Å². The lowest BCUT2D eigenvalue weighted by atomic mass is 9.70. The lowest BCUT2D eigenvalue weighted by Gasteiger charge is -2.38. The summed E-state index contributed by atoms with van der Waals surface area (Å²) in [4.78, 5) is 12.3. The van der Waals surface area contributed by atoms with E-state index < -0.39 is 0 Å². The van der Waals surface area contributed by atoms with Gasteiger partial charge in [-0.3, -0.25) is 4.79 Å². The smallest absolute Gasteiger partial charge is 0.306 e. The summed E-state index contributed by atoms with van der Waals surface area (Å²) in [5.41, 5.74) is 0.544. The van der Waals surface area contributed by atoms with Crippen molar-refractivity contribution in [2.24, 2.45) is 22.7 Å². The number of hydrogen-bond donors (Lipinski definition) is 0. The molecule has 3 atom stereocenters. The number of esters is 1. The van der Waals surface area contributed by atoms with Crippen molar-refractivity contribution < 1.29 is 9.53 Å². The van der Waals surface area contributed by atoms with E-state index in [1.165, 1.54) is 44.9 Å². The minimum Gasteiger partial charge on any atom is -0.462 e. The Kier molecular flexibility index (Phi) is 3.63. The summed E-state index contributed by atoms with van der Waals surface area (Å²) >= 11 is 0. The zero-order chi connectivity index (χ0) is 14.4. The van der Waals surface area contributed by atoms with E-state index in [0.29, 0.717) is 17.8 Å². The highest BCUT2D eigenvalue weighted by Crippen LogP contribution is 2.66. The van der Waals surface area contributed by atoms with Gasteiger partial charge in [-0.05, 0) is 49.4 Å². The lowest BCUT2D eigenvalue weighted by molar-refractivity contribution is -0.158. The average Bonchev–Trinajstić information content (AvgIpc) is 2.73. The van der Waals surface area contributed by atoms with Gasteiger partial charge in [0, 0.05) is 11.8 Å². The van der Waals surface area contributed by atoms with Gasteiger partial charge in [0.2, 0.25) is 0 Å². The minimum absolute atomic E-state index is 0.0754. The Morgan fingerprint density at radius 3 is 2.35 bits per heavy atom. The fraction of sp³-hybridized carbons (Fsp3) is 0.944. The molecule has 3 saturated carbocycles.